The second-order valence-electron chi connectivity index (χ2n) is 3.75. The van der Waals surface area contributed by atoms with Crippen molar-refractivity contribution in [3.05, 3.63) is 29.6 Å². The van der Waals surface area contributed by atoms with Gasteiger partial charge in [-0.25, -0.2) is 0 Å². The lowest BCUT2D eigenvalue weighted by Gasteiger charge is -2.07. The van der Waals surface area contributed by atoms with E-state index in [0.717, 1.165) is 5.69 Å². The van der Waals surface area contributed by atoms with Gasteiger partial charge >= 0.3 is 0 Å². The van der Waals surface area contributed by atoms with Gasteiger partial charge in [-0.3, -0.25) is 4.98 Å². The Morgan fingerprint density at radius 2 is 1.62 bits per heavy atom. The Kier molecular flexibility index (Phi) is 13.4. The summed E-state index contributed by atoms with van der Waals surface area (Å²) in [4.78, 5) is 4.25. The third-order valence-corrected chi connectivity index (χ3v) is 2.12. The van der Waals surface area contributed by atoms with E-state index in [0.29, 0.717) is 5.92 Å². The van der Waals surface area contributed by atoms with E-state index in [-0.39, 0.29) is 0 Å². The van der Waals surface area contributed by atoms with Crippen LogP contribution in [0.25, 0.3) is 0 Å². The van der Waals surface area contributed by atoms with Crippen molar-refractivity contribution in [3.63, 3.8) is 0 Å². The molecule has 0 aliphatic heterocycles. The fourth-order valence-electron chi connectivity index (χ4n) is 1.01. The summed E-state index contributed by atoms with van der Waals surface area (Å²) in [5.41, 5.74) is 2.44. The van der Waals surface area contributed by atoms with Gasteiger partial charge in [0.05, 0.1) is 0 Å². The Hall–Kier alpha value is -0.850. The van der Waals surface area contributed by atoms with Crippen LogP contribution in [0.2, 0.25) is 0 Å². The minimum Gasteiger partial charge on any atom is -0.261 e. The third-order valence-electron chi connectivity index (χ3n) is 2.12. The summed E-state index contributed by atoms with van der Waals surface area (Å²) in [5, 5.41) is 0. The van der Waals surface area contributed by atoms with Crippen LogP contribution < -0.4 is 0 Å². The minimum atomic E-state index is 0.642. The molecule has 0 N–H and O–H groups in total. The van der Waals surface area contributed by atoms with Crippen LogP contribution in [0, 0.1) is 6.92 Å². The number of aromatic nitrogens is 1. The summed E-state index contributed by atoms with van der Waals surface area (Å²) in [6.45, 7) is 14.7. The fraction of sp³-hybridized carbons (Fsp3) is 0.667. The van der Waals surface area contributed by atoms with Crippen molar-refractivity contribution in [2.75, 3.05) is 0 Å². The van der Waals surface area contributed by atoms with Gasteiger partial charge in [0.2, 0.25) is 0 Å². The number of aryl methyl sites for hydroxylation is 1. The highest BCUT2D eigenvalue weighted by Crippen LogP contribution is 2.16. The van der Waals surface area contributed by atoms with E-state index in [1.165, 1.54) is 18.4 Å². The van der Waals surface area contributed by atoms with Crippen molar-refractivity contribution in [2.24, 2.45) is 0 Å². The maximum absolute atomic E-state index is 4.25. The molecule has 0 aliphatic rings. The summed E-state index contributed by atoms with van der Waals surface area (Å²) in [5.74, 6) is 0.642. The largest absolute Gasteiger partial charge is 0.261 e. The molecule has 0 radical (unpaired) electrons. The topological polar surface area (TPSA) is 12.9 Å². The summed E-state index contributed by atoms with van der Waals surface area (Å²) in [7, 11) is 0. The van der Waals surface area contributed by atoms with E-state index in [9.17, 15) is 0 Å². The molecule has 1 rings (SSSR count). The number of hydrogen-bond acceptors (Lipinski definition) is 1. The Balaban J connectivity index is 0. The van der Waals surface area contributed by atoms with Crippen LogP contribution in [0.3, 0.4) is 0 Å². The molecule has 1 heterocycles. The van der Waals surface area contributed by atoms with E-state index >= 15 is 0 Å². The zero-order valence-electron chi connectivity index (χ0n) is 12.2. The number of nitrogens with zero attached hydrogens (tertiary/aromatic N) is 1. The maximum atomic E-state index is 4.25. The molecule has 0 spiro atoms. The zero-order chi connectivity index (χ0) is 13.0. The normalized spacial score (nSPS) is 10.4. The van der Waals surface area contributed by atoms with Crippen LogP contribution in [0.15, 0.2) is 18.3 Å². The van der Waals surface area contributed by atoms with Gasteiger partial charge in [0.25, 0.3) is 0 Å². The third kappa shape index (κ3) is 8.46. The quantitative estimate of drug-likeness (QED) is 0.659. The van der Waals surface area contributed by atoms with Gasteiger partial charge in [-0.2, -0.15) is 0 Å². The number of pyridine rings is 1. The number of rotatable bonds is 2. The second-order valence-corrected chi connectivity index (χ2v) is 3.75. The predicted molar refractivity (Wildman–Crippen MR) is 75.0 cm³/mol. The van der Waals surface area contributed by atoms with E-state index in [4.69, 9.17) is 0 Å². The van der Waals surface area contributed by atoms with Gasteiger partial charge in [-0.05, 0) is 30.9 Å². The molecule has 0 saturated heterocycles. The van der Waals surface area contributed by atoms with Crippen molar-refractivity contribution in [1.82, 2.24) is 4.98 Å². The molecule has 0 aliphatic carbocycles. The molecule has 1 atom stereocenters. The van der Waals surface area contributed by atoms with Crippen molar-refractivity contribution in [1.29, 1.82) is 0 Å². The molecule has 0 aromatic carbocycles. The van der Waals surface area contributed by atoms with Gasteiger partial charge in [-0.1, -0.05) is 54.0 Å². The van der Waals surface area contributed by atoms with Crippen LogP contribution in [0.4, 0.5) is 0 Å². The minimum absolute atomic E-state index is 0.642. The molecule has 0 fully saturated rings. The average Bonchev–Trinajstić information content (AvgIpc) is 2.33. The van der Waals surface area contributed by atoms with E-state index in [1.54, 1.807) is 0 Å². The molecule has 1 unspecified atom stereocenters. The van der Waals surface area contributed by atoms with Gasteiger partial charge in [0, 0.05) is 11.9 Å². The average molecular weight is 223 g/mol. The maximum Gasteiger partial charge on any atom is 0.0372 e. The number of hydrogen-bond donors (Lipinski definition) is 0. The SMILES string of the molecule is CC.CCC.CCC(C)c1ccc(C)nc1. The van der Waals surface area contributed by atoms with Crippen LogP contribution in [-0.2, 0) is 0 Å². The first-order valence-corrected chi connectivity index (χ1v) is 6.58. The van der Waals surface area contributed by atoms with Crippen molar-refractivity contribution >= 4 is 0 Å². The Bertz CT molecular complexity index is 226. The zero-order valence-corrected chi connectivity index (χ0v) is 12.2. The Morgan fingerprint density at radius 1 is 1.12 bits per heavy atom. The fourth-order valence-corrected chi connectivity index (χ4v) is 1.01. The molecular weight excluding hydrogens is 194 g/mol. The molecule has 1 aromatic rings. The molecule has 0 amide bonds. The molecule has 1 heteroatoms. The molecule has 94 valence electrons. The van der Waals surface area contributed by atoms with Gasteiger partial charge in [0.1, 0.15) is 0 Å². The van der Waals surface area contributed by atoms with Gasteiger partial charge in [0.15, 0.2) is 0 Å². The molecule has 1 aromatic heterocycles. The second kappa shape index (κ2) is 12.2. The lowest BCUT2D eigenvalue weighted by Crippen LogP contribution is -1.92. The molecular formula is C15H29N. The van der Waals surface area contributed by atoms with Crippen LogP contribution in [-0.4, -0.2) is 4.98 Å². The summed E-state index contributed by atoms with van der Waals surface area (Å²) < 4.78 is 0. The monoisotopic (exact) mass is 223 g/mol. The van der Waals surface area contributed by atoms with Gasteiger partial charge in [-0.15, -0.1) is 0 Å². The molecule has 16 heavy (non-hydrogen) atoms. The summed E-state index contributed by atoms with van der Waals surface area (Å²) in [6, 6.07) is 4.23. The first-order valence-electron chi connectivity index (χ1n) is 6.58. The van der Waals surface area contributed by atoms with Crippen molar-refractivity contribution in [3.8, 4) is 0 Å². The smallest absolute Gasteiger partial charge is 0.0372 e. The Morgan fingerprint density at radius 3 is 1.94 bits per heavy atom. The van der Waals surface area contributed by atoms with Gasteiger partial charge < -0.3 is 0 Å². The van der Waals surface area contributed by atoms with Crippen molar-refractivity contribution in [2.45, 2.75) is 67.2 Å². The highest BCUT2D eigenvalue weighted by molar-refractivity contribution is 5.16. The van der Waals surface area contributed by atoms with Crippen LogP contribution in [0.1, 0.15) is 71.6 Å². The molecule has 1 nitrogen and oxygen atoms in total. The lowest BCUT2D eigenvalue weighted by atomic mass is 10.0. The van der Waals surface area contributed by atoms with E-state index < -0.39 is 0 Å². The standard InChI is InChI=1S/C10H15N.C3H8.C2H6/c1-4-8(2)10-6-5-9(3)11-7-10;1-3-2;1-2/h5-8H,4H2,1-3H3;3H2,1-2H3;1-2H3. The summed E-state index contributed by atoms with van der Waals surface area (Å²) >= 11 is 0. The first-order chi connectivity index (χ1) is 7.65. The lowest BCUT2D eigenvalue weighted by molar-refractivity contribution is 0.729. The summed E-state index contributed by atoms with van der Waals surface area (Å²) in [6.07, 6.45) is 4.41. The first kappa shape index (κ1) is 17.5. The van der Waals surface area contributed by atoms with Crippen LogP contribution >= 0.6 is 0 Å². The Labute approximate surface area is 102 Å². The van der Waals surface area contributed by atoms with E-state index in [2.05, 4.69) is 44.8 Å². The van der Waals surface area contributed by atoms with Crippen molar-refractivity contribution < 1.29 is 0 Å². The highest BCUT2D eigenvalue weighted by atomic mass is 14.7. The molecule has 0 saturated carbocycles. The molecule has 0 bridgehead atoms. The van der Waals surface area contributed by atoms with Crippen LogP contribution in [0.5, 0.6) is 0 Å². The highest BCUT2D eigenvalue weighted by Gasteiger charge is 2.01. The predicted octanol–water partition coefficient (Wildman–Crippen LogP) is 5.35. The van der Waals surface area contributed by atoms with E-state index in [1.807, 2.05) is 27.0 Å².